The Labute approximate surface area is 139 Å². The molecule has 0 spiro atoms. The summed E-state index contributed by atoms with van der Waals surface area (Å²) >= 11 is 1.02. The minimum absolute atomic E-state index is 0.165. The molecule has 0 fully saturated rings. The maximum atomic E-state index is 12.6. The number of sulfonamides is 1. The van der Waals surface area contributed by atoms with Gasteiger partial charge in [0.2, 0.25) is 10.0 Å². The molecule has 120 valence electrons. The minimum atomic E-state index is -3.61. The van der Waals surface area contributed by atoms with Crippen LogP contribution in [0.15, 0.2) is 53.4 Å². The van der Waals surface area contributed by atoms with E-state index in [1.54, 1.807) is 18.2 Å². The normalized spacial score (nSPS) is 13.3. The van der Waals surface area contributed by atoms with Crippen LogP contribution in [0.2, 0.25) is 0 Å². The van der Waals surface area contributed by atoms with Gasteiger partial charge >= 0.3 is 0 Å². The van der Waals surface area contributed by atoms with E-state index in [0.29, 0.717) is 11.0 Å². The summed E-state index contributed by atoms with van der Waals surface area (Å²) in [6, 6.07) is 14.9. The number of fused-ring (bicyclic) bond motifs is 1. The number of benzene rings is 2. The first-order valence-corrected chi connectivity index (χ1v) is 9.55. The highest BCUT2D eigenvalue weighted by Crippen LogP contribution is 2.21. The van der Waals surface area contributed by atoms with Gasteiger partial charge in [0.25, 0.3) is 0 Å². The van der Waals surface area contributed by atoms with Crippen molar-refractivity contribution in [1.82, 2.24) is 13.5 Å². The van der Waals surface area contributed by atoms with Crippen molar-refractivity contribution < 1.29 is 8.42 Å². The molecule has 0 saturated heterocycles. The van der Waals surface area contributed by atoms with Gasteiger partial charge in [0.05, 0.1) is 11.7 Å². The van der Waals surface area contributed by atoms with Crippen molar-refractivity contribution in [3.8, 4) is 0 Å². The summed E-state index contributed by atoms with van der Waals surface area (Å²) in [5, 5.41) is 0. The molecule has 0 aliphatic rings. The second-order valence-corrected chi connectivity index (χ2v) is 7.65. The van der Waals surface area contributed by atoms with Crippen molar-refractivity contribution in [3.63, 3.8) is 0 Å². The van der Waals surface area contributed by atoms with Gasteiger partial charge in [-0.25, -0.2) is 13.1 Å². The Bertz CT molecular complexity index is 892. The van der Waals surface area contributed by atoms with Crippen LogP contribution >= 0.6 is 11.7 Å². The van der Waals surface area contributed by atoms with Crippen LogP contribution < -0.4 is 4.72 Å². The largest absolute Gasteiger partial charge is 0.243 e. The number of aryl methyl sites for hydroxylation is 1. The van der Waals surface area contributed by atoms with Gasteiger partial charge < -0.3 is 0 Å². The van der Waals surface area contributed by atoms with E-state index in [4.69, 9.17) is 0 Å². The van der Waals surface area contributed by atoms with E-state index in [9.17, 15) is 8.42 Å². The Kier molecular flexibility index (Phi) is 4.70. The van der Waals surface area contributed by atoms with Gasteiger partial charge in [0.15, 0.2) is 0 Å². The van der Waals surface area contributed by atoms with Crippen molar-refractivity contribution >= 4 is 32.8 Å². The average Bonchev–Trinajstić information content (AvgIpc) is 3.02. The molecule has 3 aromatic rings. The lowest BCUT2D eigenvalue weighted by Gasteiger charge is -2.14. The molecule has 0 amide bonds. The van der Waals surface area contributed by atoms with Crippen molar-refractivity contribution in [2.75, 3.05) is 0 Å². The van der Waals surface area contributed by atoms with E-state index in [2.05, 4.69) is 13.5 Å². The van der Waals surface area contributed by atoms with Crippen molar-refractivity contribution in [2.45, 2.75) is 30.7 Å². The fourth-order valence-corrected chi connectivity index (χ4v) is 4.46. The SMILES string of the molecule is C[C@H](CCc1ccccc1)NS(=O)(=O)c1cccc2nsnc12. The van der Waals surface area contributed by atoms with E-state index in [-0.39, 0.29) is 10.9 Å². The maximum absolute atomic E-state index is 12.6. The van der Waals surface area contributed by atoms with Gasteiger partial charge in [-0.2, -0.15) is 8.75 Å². The molecule has 23 heavy (non-hydrogen) atoms. The van der Waals surface area contributed by atoms with Crippen LogP contribution in [0.4, 0.5) is 0 Å². The highest BCUT2D eigenvalue weighted by Gasteiger charge is 2.21. The van der Waals surface area contributed by atoms with Gasteiger partial charge in [-0.1, -0.05) is 36.4 Å². The summed E-state index contributed by atoms with van der Waals surface area (Å²) in [4.78, 5) is 0.190. The van der Waals surface area contributed by atoms with Gasteiger partial charge in [-0.15, -0.1) is 0 Å². The zero-order chi connectivity index (χ0) is 16.3. The number of rotatable bonds is 6. The molecule has 0 unspecified atom stereocenters. The number of hydrogen-bond acceptors (Lipinski definition) is 5. The third-order valence-corrected chi connectivity index (χ3v) is 5.77. The fraction of sp³-hybridized carbons (Fsp3) is 0.250. The molecule has 0 radical (unpaired) electrons. The Morgan fingerprint density at radius 2 is 1.87 bits per heavy atom. The quantitative estimate of drug-likeness (QED) is 0.744. The van der Waals surface area contributed by atoms with E-state index >= 15 is 0 Å². The molecule has 0 bridgehead atoms. The van der Waals surface area contributed by atoms with Crippen LogP contribution in [0.25, 0.3) is 11.0 Å². The van der Waals surface area contributed by atoms with E-state index < -0.39 is 10.0 Å². The monoisotopic (exact) mass is 347 g/mol. The van der Waals surface area contributed by atoms with Crippen LogP contribution in [0, 0.1) is 0 Å². The lowest BCUT2D eigenvalue weighted by Crippen LogP contribution is -2.33. The van der Waals surface area contributed by atoms with Crippen LogP contribution in [0.3, 0.4) is 0 Å². The minimum Gasteiger partial charge on any atom is -0.208 e. The van der Waals surface area contributed by atoms with Gasteiger partial charge in [0, 0.05) is 6.04 Å². The molecule has 5 nitrogen and oxygen atoms in total. The maximum Gasteiger partial charge on any atom is 0.243 e. The zero-order valence-corrected chi connectivity index (χ0v) is 14.3. The smallest absolute Gasteiger partial charge is 0.208 e. The molecule has 2 aromatic carbocycles. The lowest BCUT2D eigenvalue weighted by atomic mass is 10.1. The molecule has 0 saturated carbocycles. The first-order valence-electron chi connectivity index (χ1n) is 7.34. The Balaban J connectivity index is 1.72. The summed E-state index contributed by atoms with van der Waals surface area (Å²) in [5.74, 6) is 0. The first-order chi connectivity index (χ1) is 11.1. The summed E-state index contributed by atoms with van der Waals surface area (Å²) in [6.45, 7) is 1.87. The van der Waals surface area contributed by atoms with E-state index in [1.807, 2.05) is 37.3 Å². The Morgan fingerprint density at radius 1 is 1.09 bits per heavy atom. The molecule has 1 atom stereocenters. The van der Waals surface area contributed by atoms with Gasteiger partial charge in [-0.05, 0) is 37.5 Å². The van der Waals surface area contributed by atoms with Crippen molar-refractivity contribution in [2.24, 2.45) is 0 Å². The van der Waals surface area contributed by atoms with Crippen LogP contribution in [0.5, 0.6) is 0 Å². The topological polar surface area (TPSA) is 72.0 Å². The second-order valence-electron chi connectivity index (χ2n) is 5.43. The molecule has 0 aliphatic heterocycles. The van der Waals surface area contributed by atoms with Crippen LogP contribution in [-0.2, 0) is 16.4 Å². The van der Waals surface area contributed by atoms with Crippen molar-refractivity contribution in [3.05, 3.63) is 54.1 Å². The van der Waals surface area contributed by atoms with Gasteiger partial charge in [-0.3, -0.25) is 0 Å². The van der Waals surface area contributed by atoms with Crippen LogP contribution in [0.1, 0.15) is 18.9 Å². The molecular weight excluding hydrogens is 330 g/mol. The molecule has 7 heteroatoms. The molecule has 1 heterocycles. The highest BCUT2D eigenvalue weighted by atomic mass is 32.2. The predicted octanol–water partition coefficient (Wildman–Crippen LogP) is 2.99. The lowest BCUT2D eigenvalue weighted by molar-refractivity contribution is 0.547. The number of aromatic nitrogens is 2. The molecular formula is C16H17N3O2S2. The average molecular weight is 347 g/mol. The van der Waals surface area contributed by atoms with Gasteiger partial charge in [0.1, 0.15) is 15.9 Å². The summed E-state index contributed by atoms with van der Waals surface area (Å²) in [6.07, 6.45) is 1.56. The number of nitrogens with zero attached hydrogens (tertiary/aromatic N) is 2. The predicted molar refractivity (Wildman–Crippen MR) is 92.0 cm³/mol. The zero-order valence-electron chi connectivity index (χ0n) is 12.6. The standard InChI is InChI=1S/C16H17N3O2S2/c1-12(10-11-13-6-3-2-4-7-13)19-23(20,21)15-9-5-8-14-16(15)18-22-17-14/h2-9,12,19H,10-11H2,1H3/t12-/m1/s1. The highest BCUT2D eigenvalue weighted by molar-refractivity contribution is 7.89. The third-order valence-electron chi connectivity index (χ3n) is 3.60. The Hall–Kier alpha value is -1.83. The van der Waals surface area contributed by atoms with E-state index in [1.165, 1.54) is 5.56 Å². The number of nitrogens with one attached hydrogen (secondary N) is 1. The second kappa shape index (κ2) is 6.74. The number of hydrogen-bond donors (Lipinski definition) is 1. The first kappa shape index (κ1) is 16.0. The summed E-state index contributed by atoms with van der Waals surface area (Å²) in [7, 11) is -3.61. The fourth-order valence-electron chi connectivity index (χ4n) is 2.41. The molecule has 3 rings (SSSR count). The summed E-state index contributed by atoms with van der Waals surface area (Å²) < 4.78 is 36.1. The van der Waals surface area contributed by atoms with Crippen LogP contribution in [-0.4, -0.2) is 23.2 Å². The molecule has 1 N–H and O–H groups in total. The van der Waals surface area contributed by atoms with E-state index in [0.717, 1.165) is 24.6 Å². The molecule has 0 aliphatic carbocycles. The molecule has 1 aromatic heterocycles. The third kappa shape index (κ3) is 3.74. The van der Waals surface area contributed by atoms with Crippen molar-refractivity contribution in [1.29, 1.82) is 0 Å². The summed E-state index contributed by atoms with van der Waals surface area (Å²) in [5.41, 5.74) is 2.24. The Morgan fingerprint density at radius 3 is 2.65 bits per heavy atom.